The molecule has 0 spiro atoms. The number of alkyl halides is 1. The maximum atomic E-state index is 14.5. The van der Waals surface area contributed by atoms with E-state index in [0.29, 0.717) is 21.2 Å². The van der Waals surface area contributed by atoms with Crippen molar-refractivity contribution in [1.29, 1.82) is 0 Å². The molecule has 3 N–H and O–H groups in total. The summed E-state index contributed by atoms with van der Waals surface area (Å²) in [5, 5.41) is 11.8. The van der Waals surface area contributed by atoms with Gasteiger partial charge in [-0.1, -0.05) is 12.1 Å². The summed E-state index contributed by atoms with van der Waals surface area (Å²) in [5.41, 5.74) is 9.12. The van der Waals surface area contributed by atoms with Crippen LogP contribution in [0.4, 0.5) is 10.2 Å². The molecule has 41 heavy (non-hydrogen) atoms. The molecule has 12 nitrogen and oxygen atoms in total. The number of primary amides is 1. The summed E-state index contributed by atoms with van der Waals surface area (Å²) in [6.07, 6.45) is 2.01. The van der Waals surface area contributed by atoms with E-state index in [1.54, 1.807) is 41.0 Å². The number of hydrogen-bond acceptors (Lipinski definition) is 7. The molecule has 6 rings (SSSR count). The fourth-order valence-electron chi connectivity index (χ4n) is 5.02. The van der Waals surface area contributed by atoms with E-state index in [1.165, 1.54) is 9.58 Å². The zero-order chi connectivity index (χ0) is 28.8. The van der Waals surface area contributed by atoms with E-state index in [4.69, 9.17) is 5.73 Å². The topological polar surface area (TPSA) is 153 Å². The predicted molar refractivity (Wildman–Crippen MR) is 151 cm³/mol. The van der Waals surface area contributed by atoms with Crippen LogP contribution in [0, 0.1) is 6.92 Å². The lowest BCUT2D eigenvalue weighted by Crippen LogP contribution is -2.44. The molecule has 5 heterocycles. The van der Waals surface area contributed by atoms with Gasteiger partial charge in [0.25, 0.3) is 5.91 Å². The molecule has 4 aromatic heterocycles. The minimum absolute atomic E-state index is 0.0153. The number of benzene rings is 1. The Morgan fingerprint density at radius 3 is 2.76 bits per heavy atom. The van der Waals surface area contributed by atoms with Gasteiger partial charge >= 0.3 is 0 Å². The van der Waals surface area contributed by atoms with Gasteiger partial charge in [-0.25, -0.2) is 18.9 Å². The molecule has 0 saturated carbocycles. The molecule has 0 bridgehead atoms. The van der Waals surface area contributed by atoms with Crippen LogP contribution in [-0.2, 0) is 16.1 Å². The number of fused-ring (bicyclic) bond motifs is 2. The van der Waals surface area contributed by atoms with E-state index in [2.05, 4.69) is 41.4 Å². The van der Waals surface area contributed by atoms with Crippen molar-refractivity contribution in [3.63, 3.8) is 0 Å². The first-order valence-electron chi connectivity index (χ1n) is 12.7. The lowest BCUT2D eigenvalue weighted by atomic mass is 10.1. The molecule has 3 amide bonds. The number of nitrogens with one attached hydrogen (secondary N) is 1. The van der Waals surface area contributed by atoms with Crippen molar-refractivity contribution in [2.24, 2.45) is 5.73 Å². The summed E-state index contributed by atoms with van der Waals surface area (Å²) in [4.78, 5) is 48.4. The van der Waals surface area contributed by atoms with E-state index in [9.17, 15) is 18.8 Å². The summed E-state index contributed by atoms with van der Waals surface area (Å²) in [6.45, 7) is 1.31. The first-order valence-corrected chi connectivity index (χ1v) is 13.5. The van der Waals surface area contributed by atoms with Crippen LogP contribution < -0.4 is 11.1 Å². The number of aryl methyl sites for hydroxylation is 1. The van der Waals surface area contributed by atoms with Crippen molar-refractivity contribution in [1.82, 2.24) is 34.3 Å². The van der Waals surface area contributed by atoms with Crippen LogP contribution in [0.25, 0.3) is 27.7 Å². The summed E-state index contributed by atoms with van der Waals surface area (Å²) >= 11 is 3.24. The fourth-order valence-corrected chi connectivity index (χ4v) is 5.36. The van der Waals surface area contributed by atoms with Gasteiger partial charge in [-0.3, -0.25) is 19.1 Å². The molecular formula is C27H23BrFN9O3. The minimum Gasteiger partial charge on any atom is -0.364 e. The summed E-state index contributed by atoms with van der Waals surface area (Å²) in [6, 6.07) is 11.1. The number of hydrogen-bond donors (Lipinski definition) is 2. The van der Waals surface area contributed by atoms with E-state index >= 15 is 0 Å². The standard InChI is InChI=1S/C27H23BrFN9O3/c1-14-7-23-31-10-16(11-38(23)34-14)15-5-6-19-18(8-15)25(26(30)40)35-37(19)13-24(39)36-12-17(29)9-20(36)27(41)33-22-4-2-3-21(28)32-22/h2-8,10-11,17,20H,9,12-13H2,1H3,(H2,30,40)(H,32,33,41)/t17-,20+/m1/s1. The lowest BCUT2D eigenvalue weighted by molar-refractivity contribution is -0.137. The highest BCUT2D eigenvalue weighted by molar-refractivity contribution is 9.10. The Kier molecular flexibility index (Phi) is 6.69. The first-order chi connectivity index (χ1) is 19.7. The van der Waals surface area contributed by atoms with Crippen LogP contribution in [-0.4, -0.2) is 70.7 Å². The number of nitrogens with zero attached hydrogens (tertiary/aromatic N) is 7. The largest absolute Gasteiger partial charge is 0.364 e. The molecule has 14 heteroatoms. The fraction of sp³-hybridized carbons (Fsp3) is 0.222. The zero-order valence-corrected chi connectivity index (χ0v) is 23.2. The zero-order valence-electron chi connectivity index (χ0n) is 21.7. The second-order valence-electron chi connectivity index (χ2n) is 9.76. The number of halogens is 2. The number of likely N-dealkylation sites (tertiary alicyclic amines) is 1. The Bertz CT molecular complexity index is 1850. The quantitative estimate of drug-likeness (QED) is 0.277. The number of rotatable bonds is 6. The Morgan fingerprint density at radius 2 is 1.98 bits per heavy atom. The van der Waals surface area contributed by atoms with Crippen molar-refractivity contribution in [2.45, 2.75) is 32.1 Å². The summed E-state index contributed by atoms with van der Waals surface area (Å²) in [7, 11) is 0. The summed E-state index contributed by atoms with van der Waals surface area (Å²) < 4.78 is 18.0. The Hall–Kier alpha value is -4.72. The van der Waals surface area contributed by atoms with Gasteiger partial charge in [-0.2, -0.15) is 10.2 Å². The van der Waals surface area contributed by atoms with Crippen molar-refractivity contribution >= 4 is 56.0 Å². The van der Waals surface area contributed by atoms with E-state index < -0.39 is 29.9 Å². The maximum absolute atomic E-state index is 14.5. The van der Waals surface area contributed by atoms with Crippen LogP contribution in [0.2, 0.25) is 0 Å². The number of anilines is 1. The third-order valence-electron chi connectivity index (χ3n) is 6.88. The van der Waals surface area contributed by atoms with Crippen molar-refractivity contribution in [2.75, 3.05) is 11.9 Å². The average molecular weight is 620 g/mol. The van der Waals surface area contributed by atoms with E-state index in [1.807, 2.05) is 25.3 Å². The van der Waals surface area contributed by atoms with E-state index in [0.717, 1.165) is 16.8 Å². The van der Waals surface area contributed by atoms with Gasteiger partial charge in [0.1, 0.15) is 29.2 Å². The number of amides is 3. The van der Waals surface area contributed by atoms with Crippen LogP contribution in [0.5, 0.6) is 0 Å². The van der Waals surface area contributed by atoms with E-state index in [-0.39, 0.29) is 31.0 Å². The van der Waals surface area contributed by atoms with Gasteiger partial charge in [0.05, 0.1) is 17.8 Å². The third kappa shape index (κ3) is 5.13. The third-order valence-corrected chi connectivity index (χ3v) is 7.32. The maximum Gasteiger partial charge on any atom is 0.269 e. The number of aromatic nitrogens is 6. The predicted octanol–water partition coefficient (Wildman–Crippen LogP) is 2.89. The average Bonchev–Trinajstić information content (AvgIpc) is 3.62. The molecule has 0 aliphatic carbocycles. The van der Waals surface area contributed by atoms with Crippen molar-refractivity contribution < 1.29 is 18.8 Å². The number of carbonyl (C=O) groups is 3. The lowest BCUT2D eigenvalue weighted by Gasteiger charge is -2.23. The molecule has 1 saturated heterocycles. The first kappa shape index (κ1) is 26.5. The van der Waals surface area contributed by atoms with Gasteiger partial charge < -0.3 is 16.0 Å². The normalized spacial score (nSPS) is 16.9. The van der Waals surface area contributed by atoms with Gasteiger partial charge in [-0.05, 0) is 52.7 Å². The van der Waals surface area contributed by atoms with Gasteiger partial charge in [0.15, 0.2) is 11.3 Å². The molecular weight excluding hydrogens is 597 g/mol. The molecule has 0 unspecified atom stereocenters. The van der Waals surface area contributed by atoms with Gasteiger partial charge in [0, 0.05) is 35.8 Å². The smallest absolute Gasteiger partial charge is 0.269 e. The molecule has 208 valence electrons. The molecule has 2 atom stereocenters. The monoisotopic (exact) mass is 619 g/mol. The van der Waals surface area contributed by atoms with Gasteiger partial charge in [-0.15, -0.1) is 0 Å². The Labute approximate surface area is 240 Å². The van der Waals surface area contributed by atoms with Gasteiger partial charge in [0.2, 0.25) is 11.8 Å². The van der Waals surface area contributed by atoms with Crippen LogP contribution in [0.15, 0.2) is 59.5 Å². The molecule has 1 aromatic carbocycles. The number of pyridine rings is 1. The van der Waals surface area contributed by atoms with Crippen molar-refractivity contribution in [3.8, 4) is 11.1 Å². The molecule has 1 aliphatic rings. The Balaban J connectivity index is 1.28. The molecule has 0 radical (unpaired) electrons. The van der Waals surface area contributed by atoms with Crippen molar-refractivity contribution in [3.05, 3.63) is 70.8 Å². The highest BCUT2D eigenvalue weighted by atomic mass is 79.9. The van der Waals surface area contributed by atoms with Crippen LogP contribution >= 0.6 is 15.9 Å². The molecule has 5 aromatic rings. The SMILES string of the molecule is Cc1cc2ncc(-c3ccc4c(c3)c(C(N)=O)nn4CC(=O)N3C[C@H](F)C[C@H]3C(=O)Nc3cccc(Br)n3)cn2n1. The second-order valence-corrected chi connectivity index (χ2v) is 10.6. The molecule has 1 aliphatic heterocycles. The highest BCUT2D eigenvalue weighted by Crippen LogP contribution is 2.28. The number of nitrogens with two attached hydrogens (primary N) is 1. The van der Waals surface area contributed by atoms with Crippen LogP contribution in [0.3, 0.4) is 0 Å². The second kappa shape index (κ2) is 10.4. The Morgan fingerprint density at radius 1 is 1.15 bits per heavy atom. The molecule has 1 fully saturated rings. The highest BCUT2D eigenvalue weighted by Gasteiger charge is 2.40. The summed E-state index contributed by atoms with van der Waals surface area (Å²) in [5.74, 6) is -1.56. The van der Waals surface area contributed by atoms with Crippen LogP contribution in [0.1, 0.15) is 22.6 Å². The number of carbonyl (C=O) groups excluding carboxylic acids is 3. The minimum atomic E-state index is -1.37.